The minimum atomic E-state index is -0.542. The molecule has 2 rings (SSSR count). The molecule has 19 heavy (non-hydrogen) atoms. The highest BCUT2D eigenvalue weighted by Gasteiger charge is 2.40. The first-order valence-electron chi connectivity index (χ1n) is 7.12. The van der Waals surface area contributed by atoms with Crippen molar-refractivity contribution < 1.29 is 14.6 Å². The molecule has 0 radical (unpaired) electrons. The van der Waals surface area contributed by atoms with Crippen molar-refractivity contribution in [3.63, 3.8) is 0 Å². The normalized spacial score (nSPS) is 35.3. The van der Waals surface area contributed by atoms with Gasteiger partial charge in [-0.3, -0.25) is 0 Å². The molecule has 0 saturated carbocycles. The lowest BCUT2D eigenvalue weighted by molar-refractivity contribution is -0.209. The minimum absolute atomic E-state index is 0.119. The summed E-state index contributed by atoms with van der Waals surface area (Å²) in [6.45, 7) is 6.70. The predicted octanol–water partition coefficient (Wildman–Crippen LogP) is 2.77. The molecular formula is C16H24O3. The Morgan fingerprint density at radius 3 is 2.53 bits per heavy atom. The Hall–Kier alpha value is -0.900. The molecule has 1 fully saturated rings. The Bertz CT molecular complexity index is 379. The van der Waals surface area contributed by atoms with Gasteiger partial charge in [-0.1, -0.05) is 44.2 Å². The maximum absolute atomic E-state index is 10.3. The summed E-state index contributed by atoms with van der Waals surface area (Å²) in [4.78, 5) is 0. The monoisotopic (exact) mass is 264 g/mol. The van der Waals surface area contributed by atoms with Gasteiger partial charge in [0.1, 0.15) is 6.10 Å². The summed E-state index contributed by atoms with van der Waals surface area (Å²) in [5.41, 5.74) is 1.13. The van der Waals surface area contributed by atoms with E-state index in [1.54, 1.807) is 0 Å². The second-order valence-electron chi connectivity index (χ2n) is 5.40. The van der Waals surface area contributed by atoms with E-state index in [4.69, 9.17) is 9.47 Å². The lowest BCUT2D eigenvalue weighted by Gasteiger charge is -2.42. The molecule has 0 bridgehead atoms. The average molecular weight is 264 g/mol. The summed E-state index contributed by atoms with van der Waals surface area (Å²) < 4.78 is 11.8. The molecular weight excluding hydrogens is 240 g/mol. The number of hydrogen-bond donors (Lipinski definition) is 1. The Morgan fingerprint density at radius 1 is 1.21 bits per heavy atom. The van der Waals surface area contributed by atoms with Crippen molar-refractivity contribution in [2.45, 2.75) is 58.2 Å². The summed E-state index contributed by atoms with van der Waals surface area (Å²) >= 11 is 0. The molecule has 5 unspecified atom stereocenters. The average Bonchev–Trinajstić information content (AvgIpc) is 2.44. The molecule has 0 spiro atoms. The topological polar surface area (TPSA) is 38.7 Å². The van der Waals surface area contributed by atoms with E-state index < -0.39 is 6.10 Å². The van der Waals surface area contributed by atoms with Gasteiger partial charge in [-0.25, -0.2) is 0 Å². The number of aliphatic hydroxyl groups excluding tert-OH is 1. The van der Waals surface area contributed by atoms with Crippen LogP contribution in [0.3, 0.4) is 0 Å². The zero-order valence-corrected chi connectivity index (χ0v) is 12.0. The number of benzene rings is 1. The van der Waals surface area contributed by atoms with Crippen molar-refractivity contribution in [1.82, 2.24) is 0 Å². The van der Waals surface area contributed by atoms with Crippen molar-refractivity contribution in [1.29, 1.82) is 0 Å². The molecule has 0 aliphatic carbocycles. The Balaban J connectivity index is 2.00. The Kier molecular flexibility index (Phi) is 4.97. The lowest BCUT2D eigenvalue weighted by Crippen LogP contribution is -2.53. The highest BCUT2D eigenvalue weighted by Crippen LogP contribution is 2.29. The molecule has 1 heterocycles. The largest absolute Gasteiger partial charge is 0.388 e. The molecule has 1 N–H and O–H groups in total. The van der Waals surface area contributed by atoms with Crippen LogP contribution in [0.25, 0.3) is 0 Å². The smallest absolute Gasteiger partial charge is 0.107 e. The van der Waals surface area contributed by atoms with Gasteiger partial charge in [0.2, 0.25) is 0 Å². The Morgan fingerprint density at radius 2 is 1.89 bits per heavy atom. The van der Waals surface area contributed by atoms with Crippen LogP contribution >= 0.6 is 0 Å². The molecule has 0 amide bonds. The summed E-state index contributed by atoms with van der Waals surface area (Å²) in [6, 6.07) is 10.1. The third-order valence-electron chi connectivity index (χ3n) is 4.05. The van der Waals surface area contributed by atoms with Crippen LogP contribution in [0.2, 0.25) is 0 Å². The van der Waals surface area contributed by atoms with Gasteiger partial charge >= 0.3 is 0 Å². The first kappa shape index (κ1) is 14.5. The van der Waals surface area contributed by atoms with Gasteiger partial charge in [0.25, 0.3) is 0 Å². The lowest BCUT2D eigenvalue weighted by atomic mass is 9.88. The van der Waals surface area contributed by atoms with E-state index in [-0.39, 0.29) is 24.2 Å². The third-order valence-corrected chi connectivity index (χ3v) is 4.05. The fraction of sp³-hybridized carbons (Fsp3) is 0.625. The van der Waals surface area contributed by atoms with E-state index >= 15 is 0 Å². The van der Waals surface area contributed by atoms with Gasteiger partial charge in [-0.2, -0.15) is 0 Å². The molecule has 3 nitrogen and oxygen atoms in total. The van der Waals surface area contributed by atoms with Gasteiger partial charge in [-0.15, -0.1) is 0 Å². The summed E-state index contributed by atoms with van der Waals surface area (Å²) in [7, 11) is 0. The SMILES string of the molecule is CCC1OC(C)C(C)C(OCc2ccccc2)C1O. The predicted molar refractivity (Wildman–Crippen MR) is 74.8 cm³/mol. The fourth-order valence-corrected chi connectivity index (χ4v) is 2.62. The van der Waals surface area contributed by atoms with Crippen LogP contribution in [-0.2, 0) is 16.1 Å². The molecule has 106 valence electrons. The van der Waals surface area contributed by atoms with Crippen LogP contribution in [0.5, 0.6) is 0 Å². The van der Waals surface area contributed by atoms with Gasteiger partial charge < -0.3 is 14.6 Å². The number of hydrogen-bond acceptors (Lipinski definition) is 3. The van der Waals surface area contributed by atoms with Crippen LogP contribution < -0.4 is 0 Å². The summed E-state index contributed by atoms with van der Waals surface area (Å²) in [6.07, 6.45) is 0.110. The second-order valence-corrected chi connectivity index (χ2v) is 5.40. The van der Waals surface area contributed by atoms with Crippen LogP contribution in [0, 0.1) is 5.92 Å². The fourth-order valence-electron chi connectivity index (χ4n) is 2.62. The summed E-state index contributed by atoms with van der Waals surface area (Å²) in [5.74, 6) is 0.196. The zero-order valence-electron chi connectivity index (χ0n) is 12.0. The van der Waals surface area contributed by atoms with E-state index in [0.29, 0.717) is 6.61 Å². The van der Waals surface area contributed by atoms with E-state index in [0.717, 1.165) is 12.0 Å². The maximum Gasteiger partial charge on any atom is 0.107 e. The zero-order chi connectivity index (χ0) is 13.8. The molecule has 3 heteroatoms. The quantitative estimate of drug-likeness (QED) is 0.909. The van der Waals surface area contributed by atoms with Crippen molar-refractivity contribution in [3.8, 4) is 0 Å². The van der Waals surface area contributed by atoms with Gasteiger partial charge in [0.15, 0.2) is 0 Å². The second kappa shape index (κ2) is 6.51. The van der Waals surface area contributed by atoms with E-state index in [1.807, 2.05) is 37.3 Å². The minimum Gasteiger partial charge on any atom is -0.388 e. The molecule has 1 aliphatic heterocycles. The molecule has 0 aromatic heterocycles. The van der Waals surface area contributed by atoms with Gasteiger partial charge in [0.05, 0.1) is 24.9 Å². The van der Waals surface area contributed by atoms with Crippen molar-refractivity contribution in [2.75, 3.05) is 0 Å². The van der Waals surface area contributed by atoms with E-state index in [9.17, 15) is 5.11 Å². The molecule has 5 atom stereocenters. The number of rotatable bonds is 4. The van der Waals surface area contributed by atoms with E-state index in [2.05, 4.69) is 13.8 Å². The first-order valence-corrected chi connectivity index (χ1v) is 7.12. The van der Waals surface area contributed by atoms with Crippen LogP contribution in [-0.4, -0.2) is 29.5 Å². The van der Waals surface area contributed by atoms with E-state index in [1.165, 1.54) is 0 Å². The highest BCUT2D eigenvalue weighted by atomic mass is 16.5. The highest BCUT2D eigenvalue weighted by molar-refractivity contribution is 5.13. The number of ether oxygens (including phenoxy) is 2. The van der Waals surface area contributed by atoms with Crippen LogP contribution in [0.1, 0.15) is 32.8 Å². The van der Waals surface area contributed by atoms with Gasteiger partial charge in [-0.05, 0) is 18.9 Å². The first-order chi connectivity index (χ1) is 9.13. The van der Waals surface area contributed by atoms with Crippen LogP contribution in [0.4, 0.5) is 0 Å². The molecule has 1 aliphatic rings. The summed E-state index contributed by atoms with van der Waals surface area (Å²) in [5, 5.41) is 10.3. The van der Waals surface area contributed by atoms with Crippen molar-refractivity contribution >= 4 is 0 Å². The third kappa shape index (κ3) is 3.35. The van der Waals surface area contributed by atoms with Gasteiger partial charge in [0, 0.05) is 5.92 Å². The maximum atomic E-state index is 10.3. The standard InChI is InChI=1S/C16H24O3/c1-4-14-15(17)16(11(2)12(3)19-14)18-10-13-8-6-5-7-9-13/h5-9,11-12,14-17H,4,10H2,1-3H3. The Labute approximate surface area is 115 Å². The molecule has 1 saturated heterocycles. The van der Waals surface area contributed by atoms with Crippen molar-refractivity contribution in [2.24, 2.45) is 5.92 Å². The molecule has 1 aromatic carbocycles. The number of aliphatic hydroxyl groups is 1. The molecule has 1 aromatic rings. The van der Waals surface area contributed by atoms with Crippen molar-refractivity contribution in [3.05, 3.63) is 35.9 Å². The van der Waals surface area contributed by atoms with Crippen LogP contribution in [0.15, 0.2) is 30.3 Å².